The Morgan fingerprint density at radius 3 is 2.28 bits per heavy atom. The molecule has 0 aromatic heterocycles. The average Bonchev–Trinajstić information content (AvgIpc) is 3.14. The van der Waals surface area contributed by atoms with Crippen molar-refractivity contribution >= 4 is 29.2 Å². The number of hydrogen-bond acceptors (Lipinski definition) is 4. The molecule has 1 saturated carbocycles. The van der Waals surface area contributed by atoms with Crippen LogP contribution >= 0.6 is 0 Å². The molecule has 7 heteroatoms. The molecule has 0 unspecified atom stereocenters. The van der Waals surface area contributed by atoms with Gasteiger partial charge in [0.2, 0.25) is 5.91 Å². The third-order valence-electron chi connectivity index (χ3n) is 6.39. The first-order chi connectivity index (χ1) is 14.1. The molecule has 1 aromatic rings. The summed E-state index contributed by atoms with van der Waals surface area (Å²) in [6, 6.07) is 7.55. The quantitative estimate of drug-likeness (QED) is 0.746. The number of nitrogens with one attached hydrogen (secondary N) is 2. The van der Waals surface area contributed by atoms with E-state index in [0.29, 0.717) is 12.8 Å². The third-order valence-corrected chi connectivity index (χ3v) is 6.39. The molecule has 4 amide bonds. The highest BCUT2D eigenvalue weighted by Crippen LogP contribution is 2.35. The smallest absolute Gasteiger partial charge is 0.325 e. The van der Waals surface area contributed by atoms with Gasteiger partial charge in [-0.05, 0) is 49.9 Å². The molecule has 0 radical (unpaired) electrons. The number of carbonyl (C=O) groups is 3. The summed E-state index contributed by atoms with van der Waals surface area (Å²) in [5.41, 5.74) is 1.21. The molecule has 2 heterocycles. The summed E-state index contributed by atoms with van der Waals surface area (Å²) in [6.07, 6.45) is 8.44. The van der Waals surface area contributed by atoms with Crippen LogP contribution in [0, 0.1) is 0 Å². The number of anilines is 2. The molecule has 7 nitrogen and oxygen atoms in total. The zero-order valence-electron chi connectivity index (χ0n) is 16.9. The average molecular weight is 399 g/mol. The summed E-state index contributed by atoms with van der Waals surface area (Å²) in [5.74, 6) is -0.366. The fraction of sp³-hybridized carbons (Fsp3) is 0.591. The van der Waals surface area contributed by atoms with E-state index in [4.69, 9.17) is 0 Å². The van der Waals surface area contributed by atoms with Crippen LogP contribution in [0.5, 0.6) is 0 Å². The Morgan fingerprint density at radius 2 is 1.62 bits per heavy atom. The molecular weight excluding hydrogens is 368 g/mol. The lowest BCUT2D eigenvalue weighted by atomic mass is 9.98. The highest BCUT2D eigenvalue weighted by Gasteiger charge is 2.52. The number of benzene rings is 1. The van der Waals surface area contributed by atoms with Crippen molar-refractivity contribution in [1.82, 2.24) is 10.2 Å². The molecule has 3 aliphatic rings. The summed E-state index contributed by atoms with van der Waals surface area (Å²) in [5, 5.41) is 5.72. The van der Waals surface area contributed by atoms with Crippen molar-refractivity contribution in [3.63, 3.8) is 0 Å². The molecule has 0 bridgehead atoms. The van der Waals surface area contributed by atoms with E-state index in [0.717, 1.165) is 31.6 Å². The number of imide groups is 1. The van der Waals surface area contributed by atoms with Crippen LogP contribution in [0.3, 0.4) is 0 Å². The number of amides is 4. The minimum Gasteiger partial charge on any atom is -0.372 e. The molecule has 2 N–H and O–H groups in total. The first-order valence-electron chi connectivity index (χ1n) is 10.9. The van der Waals surface area contributed by atoms with Crippen LogP contribution in [0.1, 0.15) is 57.8 Å². The van der Waals surface area contributed by atoms with Crippen LogP contribution in [0.4, 0.5) is 16.2 Å². The third kappa shape index (κ3) is 4.23. The second-order valence-corrected chi connectivity index (χ2v) is 8.42. The SMILES string of the molecule is O=C(CCN1C(=O)NC2(CCCC2)C1=O)Nc1ccc(N2CCCCCC2)cc1. The van der Waals surface area contributed by atoms with Crippen LogP contribution in [-0.2, 0) is 9.59 Å². The predicted molar refractivity (Wildman–Crippen MR) is 112 cm³/mol. The zero-order chi connectivity index (χ0) is 20.3. The van der Waals surface area contributed by atoms with Gasteiger partial charge in [-0.1, -0.05) is 25.7 Å². The fourth-order valence-corrected chi connectivity index (χ4v) is 4.72. The minimum absolute atomic E-state index is 0.100. The van der Waals surface area contributed by atoms with Crippen LogP contribution in [-0.4, -0.2) is 47.9 Å². The Balaban J connectivity index is 1.28. The van der Waals surface area contributed by atoms with Gasteiger partial charge in [0.25, 0.3) is 5.91 Å². The highest BCUT2D eigenvalue weighted by molar-refractivity contribution is 6.07. The molecular formula is C22H30N4O3. The van der Waals surface area contributed by atoms with E-state index >= 15 is 0 Å². The van der Waals surface area contributed by atoms with Gasteiger partial charge in [-0.3, -0.25) is 14.5 Å². The second-order valence-electron chi connectivity index (χ2n) is 8.42. The summed E-state index contributed by atoms with van der Waals surface area (Å²) in [7, 11) is 0. The monoisotopic (exact) mass is 398 g/mol. The molecule has 156 valence electrons. The van der Waals surface area contributed by atoms with Crippen molar-refractivity contribution in [3.05, 3.63) is 24.3 Å². The largest absolute Gasteiger partial charge is 0.372 e. The fourth-order valence-electron chi connectivity index (χ4n) is 4.72. The summed E-state index contributed by atoms with van der Waals surface area (Å²) in [6.45, 7) is 2.28. The van der Waals surface area contributed by atoms with Gasteiger partial charge < -0.3 is 15.5 Å². The van der Waals surface area contributed by atoms with Crippen molar-refractivity contribution in [2.45, 2.75) is 63.3 Å². The van der Waals surface area contributed by atoms with E-state index in [2.05, 4.69) is 15.5 Å². The predicted octanol–water partition coefficient (Wildman–Crippen LogP) is 3.26. The van der Waals surface area contributed by atoms with Gasteiger partial charge in [-0.25, -0.2) is 4.79 Å². The summed E-state index contributed by atoms with van der Waals surface area (Å²) in [4.78, 5) is 40.8. The molecule has 2 aliphatic heterocycles. The number of hydrogen-bond donors (Lipinski definition) is 2. The summed E-state index contributed by atoms with van der Waals surface area (Å²) >= 11 is 0. The van der Waals surface area contributed by atoms with Gasteiger partial charge in [0.15, 0.2) is 0 Å². The lowest BCUT2D eigenvalue weighted by molar-refractivity contribution is -0.131. The zero-order valence-corrected chi connectivity index (χ0v) is 16.9. The van der Waals surface area contributed by atoms with Crippen LogP contribution in [0.2, 0.25) is 0 Å². The topological polar surface area (TPSA) is 81.8 Å². The maximum absolute atomic E-state index is 12.6. The number of rotatable bonds is 5. The van der Waals surface area contributed by atoms with Gasteiger partial charge in [0.1, 0.15) is 5.54 Å². The van der Waals surface area contributed by atoms with Gasteiger partial charge >= 0.3 is 6.03 Å². The Labute approximate surface area is 171 Å². The van der Waals surface area contributed by atoms with E-state index in [1.54, 1.807) is 0 Å². The molecule has 3 fully saturated rings. The van der Waals surface area contributed by atoms with Gasteiger partial charge in [0, 0.05) is 37.4 Å². The van der Waals surface area contributed by atoms with Crippen molar-refractivity contribution in [2.24, 2.45) is 0 Å². The molecule has 1 spiro atoms. The van der Waals surface area contributed by atoms with E-state index in [1.807, 2.05) is 24.3 Å². The second kappa shape index (κ2) is 8.43. The number of carbonyl (C=O) groups excluding carboxylic acids is 3. The van der Waals surface area contributed by atoms with Gasteiger partial charge in [0.05, 0.1) is 0 Å². The Bertz CT molecular complexity index is 763. The van der Waals surface area contributed by atoms with Crippen LogP contribution in [0.25, 0.3) is 0 Å². The standard InChI is InChI=1S/C22H30N4O3/c27-19(11-16-26-20(28)22(24-21(26)29)12-3-4-13-22)23-17-7-9-18(10-8-17)25-14-5-1-2-6-15-25/h7-10H,1-6,11-16H2,(H,23,27)(H,24,29). The van der Waals surface area contributed by atoms with Gasteiger partial charge in [-0.15, -0.1) is 0 Å². The molecule has 4 rings (SSSR count). The Morgan fingerprint density at radius 1 is 0.966 bits per heavy atom. The lowest BCUT2D eigenvalue weighted by Crippen LogP contribution is -2.44. The van der Waals surface area contributed by atoms with E-state index in [-0.39, 0.29) is 30.8 Å². The summed E-state index contributed by atoms with van der Waals surface area (Å²) < 4.78 is 0. The number of nitrogens with zero attached hydrogens (tertiary/aromatic N) is 2. The first-order valence-corrected chi connectivity index (χ1v) is 10.9. The molecule has 29 heavy (non-hydrogen) atoms. The maximum atomic E-state index is 12.6. The van der Waals surface area contributed by atoms with Crippen molar-refractivity contribution < 1.29 is 14.4 Å². The molecule has 2 saturated heterocycles. The molecule has 1 aromatic carbocycles. The molecule has 1 aliphatic carbocycles. The normalized spacial score (nSPS) is 21.4. The van der Waals surface area contributed by atoms with Crippen LogP contribution < -0.4 is 15.5 Å². The van der Waals surface area contributed by atoms with Crippen molar-refractivity contribution in [1.29, 1.82) is 0 Å². The van der Waals surface area contributed by atoms with Gasteiger partial charge in [-0.2, -0.15) is 0 Å². The maximum Gasteiger partial charge on any atom is 0.325 e. The van der Waals surface area contributed by atoms with Crippen molar-refractivity contribution in [2.75, 3.05) is 29.9 Å². The Kier molecular flexibility index (Phi) is 5.74. The first kappa shape index (κ1) is 19.7. The lowest BCUT2D eigenvalue weighted by Gasteiger charge is -2.22. The van der Waals surface area contributed by atoms with Crippen molar-refractivity contribution in [3.8, 4) is 0 Å². The molecule has 0 atom stereocenters. The number of urea groups is 1. The van der Waals surface area contributed by atoms with E-state index in [9.17, 15) is 14.4 Å². The van der Waals surface area contributed by atoms with E-state index in [1.165, 1.54) is 36.3 Å². The van der Waals surface area contributed by atoms with E-state index < -0.39 is 5.54 Å². The Hall–Kier alpha value is -2.57. The highest BCUT2D eigenvalue weighted by atomic mass is 16.2. The van der Waals surface area contributed by atoms with Crippen LogP contribution in [0.15, 0.2) is 24.3 Å². The minimum atomic E-state index is -0.712.